The van der Waals surface area contributed by atoms with Crippen molar-refractivity contribution in [2.24, 2.45) is 5.73 Å². The molecule has 98 valence electrons. The molecule has 1 amide bonds. The van der Waals surface area contributed by atoms with Gasteiger partial charge in [0.05, 0.1) is 12.9 Å². The molecule has 1 rings (SSSR count). The number of nitrogens with two attached hydrogens (primary N) is 1. The van der Waals surface area contributed by atoms with Crippen LogP contribution in [0.4, 0.5) is 0 Å². The van der Waals surface area contributed by atoms with Gasteiger partial charge in [-0.2, -0.15) is 0 Å². The normalized spacial score (nSPS) is 11.1. The summed E-state index contributed by atoms with van der Waals surface area (Å²) in [6, 6.07) is -0.792. The van der Waals surface area contributed by atoms with Crippen LogP contribution in [0.5, 0.6) is 0 Å². The van der Waals surface area contributed by atoms with Gasteiger partial charge in [-0.3, -0.25) is 4.79 Å². The fourth-order valence-corrected chi connectivity index (χ4v) is 1.31. The number of carbonyl (C=O) groups excluding carboxylic acids is 1. The van der Waals surface area contributed by atoms with E-state index in [0.717, 1.165) is 0 Å². The first-order chi connectivity index (χ1) is 7.69. The topological polar surface area (TPSA) is 118 Å². The van der Waals surface area contributed by atoms with Gasteiger partial charge in [-0.1, -0.05) is 0 Å². The minimum atomic E-state index is -0.792. The first-order valence-electron chi connectivity index (χ1n) is 4.96. The predicted octanol–water partition coefficient (Wildman–Crippen LogP) is -0.564. The van der Waals surface area contributed by atoms with E-state index in [2.05, 4.69) is 9.97 Å². The summed E-state index contributed by atoms with van der Waals surface area (Å²) in [4.78, 5) is 17.9. The second kappa shape index (κ2) is 10.1. The van der Waals surface area contributed by atoms with Gasteiger partial charge in [-0.05, 0) is 0 Å². The molecule has 1 aromatic rings. The van der Waals surface area contributed by atoms with Gasteiger partial charge in [0.1, 0.15) is 0 Å². The Bertz CT molecular complexity index is 321. The van der Waals surface area contributed by atoms with E-state index in [-0.39, 0.29) is 51.4 Å². The molecule has 18 heavy (non-hydrogen) atoms. The van der Waals surface area contributed by atoms with Crippen LogP contribution in [0.2, 0.25) is 0 Å². The van der Waals surface area contributed by atoms with Crippen molar-refractivity contribution in [1.29, 1.82) is 0 Å². The standard InChI is InChI=1S/C9H15N4O3.CH3.Zn/c10-2-1-9(15)13(16)8(5-14)3-7-4-11-6-12-7;;/h4,6,8,14H,1-3,5,10H2,(H,11,12);1H3;/q2*-1;+2. The minimum Gasteiger partial charge on any atom is -0.756 e. The predicted molar refractivity (Wildman–Crippen MR) is 63.5 cm³/mol. The summed E-state index contributed by atoms with van der Waals surface area (Å²) >= 11 is 0. The maximum absolute atomic E-state index is 11.5. The van der Waals surface area contributed by atoms with E-state index >= 15 is 0 Å². The average Bonchev–Trinajstić information content (AvgIpc) is 2.78. The second-order valence-electron chi connectivity index (χ2n) is 3.38. The van der Waals surface area contributed by atoms with Crippen molar-refractivity contribution in [3.63, 3.8) is 0 Å². The largest absolute Gasteiger partial charge is 2.00 e. The molecule has 0 aliphatic heterocycles. The molecular formula is C10H18N4O3Zn. The number of aromatic nitrogens is 2. The molecule has 0 spiro atoms. The van der Waals surface area contributed by atoms with Crippen molar-refractivity contribution >= 4 is 5.91 Å². The van der Waals surface area contributed by atoms with Crippen LogP contribution < -0.4 is 5.73 Å². The van der Waals surface area contributed by atoms with Crippen LogP contribution in [0.1, 0.15) is 12.1 Å². The summed E-state index contributed by atoms with van der Waals surface area (Å²) < 4.78 is 0. The number of hydrogen-bond acceptors (Lipinski definition) is 5. The molecule has 0 fully saturated rings. The van der Waals surface area contributed by atoms with E-state index in [1.165, 1.54) is 6.33 Å². The van der Waals surface area contributed by atoms with Crippen LogP contribution in [-0.4, -0.2) is 45.2 Å². The number of H-pyrrole nitrogens is 1. The van der Waals surface area contributed by atoms with Crippen LogP contribution >= 0.6 is 0 Å². The van der Waals surface area contributed by atoms with Crippen molar-refractivity contribution in [3.8, 4) is 0 Å². The number of hydrogen-bond donors (Lipinski definition) is 3. The Balaban J connectivity index is 0. The molecule has 0 saturated carbocycles. The molecule has 0 saturated heterocycles. The molecule has 4 N–H and O–H groups in total. The molecule has 0 aromatic carbocycles. The number of aromatic amines is 1. The summed E-state index contributed by atoms with van der Waals surface area (Å²) in [6.45, 7) is -0.265. The Kier molecular flexibility index (Phi) is 11.0. The van der Waals surface area contributed by atoms with Crippen molar-refractivity contribution < 1.29 is 29.4 Å². The average molecular weight is 308 g/mol. The first-order valence-corrected chi connectivity index (χ1v) is 4.96. The van der Waals surface area contributed by atoms with Gasteiger partial charge in [0, 0.05) is 37.3 Å². The fourth-order valence-electron chi connectivity index (χ4n) is 1.31. The van der Waals surface area contributed by atoms with Gasteiger partial charge >= 0.3 is 19.5 Å². The SMILES string of the molecule is NCCC(=O)N([O-])C(CO)Cc1cnc[nH]1.[CH3-].[Zn+2]. The number of hydroxylamine groups is 2. The van der Waals surface area contributed by atoms with Gasteiger partial charge in [0.2, 0.25) is 5.91 Å². The van der Waals surface area contributed by atoms with Crippen LogP contribution in [0.25, 0.3) is 0 Å². The summed E-state index contributed by atoms with van der Waals surface area (Å²) in [7, 11) is 0. The molecule has 0 aliphatic carbocycles. The Hall–Kier alpha value is -0.817. The van der Waals surface area contributed by atoms with Gasteiger partial charge in [-0.15, -0.1) is 0 Å². The van der Waals surface area contributed by atoms with Crippen molar-refractivity contribution in [2.75, 3.05) is 13.2 Å². The third kappa shape index (κ3) is 5.68. The van der Waals surface area contributed by atoms with Crippen LogP contribution in [0.3, 0.4) is 0 Å². The van der Waals surface area contributed by atoms with Crippen molar-refractivity contribution in [2.45, 2.75) is 18.9 Å². The molecule has 1 atom stereocenters. The zero-order valence-electron chi connectivity index (χ0n) is 10.5. The maximum Gasteiger partial charge on any atom is 2.00 e. The van der Waals surface area contributed by atoms with Crippen LogP contribution in [-0.2, 0) is 30.7 Å². The number of rotatable bonds is 6. The number of imidazole rings is 1. The third-order valence-electron chi connectivity index (χ3n) is 2.16. The zero-order chi connectivity index (χ0) is 12.0. The molecule has 0 aliphatic rings. The van der Waals surface area contributed by atoms with E-state index in [1.54, 1.807) is 6.20 Å². The smallest absolute Gasteiger partial charge is 0.756 e. The summed E-state index contributed by atoms with van der Waals surface area (Å²) in [5.74, 6) is -0.610. The first kappa shape index (κ1) is 19.5. The molecule has 1 unspecified atom stereocenters. The number of amides is 1. The van der Waals surface area contributed by atoms with Crippen LogP contribution in [0, 0.1) is 12.6 Å². The summed E-state index contributed by atoms with van der Waals surface area (Å²) in [6.07, 6.45) is 3.25. The molecule has 1 aromatic heterocycles. The van der Waals surface area contributed by atoms with Crippen LogP contribution in [0.15, 0.2) is 12.5 Å². The number of aliphatic hydroxyl groups is 1. The Morgan fingerprint density at radius 3 is 2.78 bits per heavy atom. The Labute approximate surface area is 119 Å². The molecule has 7 nitrogen and oxygen atoms in total. The number of nitrogens with zero attached hydrogens (tertiary/aromatic N) is 2. The number of nitrogens with one attached hydrogen (secondary N) is 1. The minimum absolute atomic E-state index is 0. The number of carbonyl (C=O) groups is 1. The summed E-state index contributed by atoms with van der Waals surface area (Å²) in [5.41, 5.74) is 5.87. The Morgan fingerprint density at radius 1 is 1.67 bits per heavy atom. The van der Waals surface area contributed by atoms with E-state index in [0.29, 0.717) is 5.69 Å². The molecule has 0 bridgehead atoms. The van der Waals surface area contributed by atoms with E-state index in [9.17, 15) is 10.0 Å². The van der Waals surface area contributed by atoms with Crippen molar-refractivity contribution in [3.05, 3.63) is 30.9 Å². The van der Waals surface area contributed by atoms with Gasteiger partial charge in [0.25, 0.3) is 0 Å². The Morgan fingerprint density at radius 2 is 2.33 bits per heavy atom. The van der Waals surface area contributed by atoms with Gasteiger partial charge in [0.15, 0.2) is 0 Å². The maximum atomic E-state index is 11.5. The van der Waals surface area contributed by atoms with E-state index < -0.39 is 18.6 Å². The van der Waals surface area contributed by atoms with Crippen molar-refractivity contribution in [1.82, 2.24) is 15.0 Å². The molecule has 8 heteroatoms. The number of aliphatic hydroxyl groups excluding tert-OH is 1. The molecular weight excluding hydrogens is 290 g/mol. The molecule has 1 heterocycles. The third-order valence-corrected chi connectivity index (χ3v) is 2.16. The van der Waals surface area contributed by atoms with E-state index in [4.69, 9.17) is 10.8 Å². The second-order valence-corrected chi connectivity index (χ2v) is 3.38. The van der Waals surface area contributed by atoms with Gasteiger partial charge in [-0.25, -0.2) is 4.98 Å². The van der Waals surface area contributed by atoms with Gasteiger partial charge < -0.3 is 33.5 Å². The monoisotopic (exact) mass is 306 g/mol. The molecule has 0 radical (unpaired) electrons. The summed E-state index contributed by atoms with van der Waals surface area (Å²) in [5, 5.41) is 20.8. The van der Waals surface area contributed by atoms with E-state index in [1.807, 2.05) is 0 Å². The quantitative estimate of drug-likeness (QED) is 0.370. The fraction of sp³-hybridized carbons (Fsp3) is 0.500. The zero-order valence-corrected chi connectivity index (χ0v) is 13.5.